The molecule has 0 bridgehead atoms. The van der Waals surface area contributed by atoms with Crippen molar-refractivity contribution >= 4 is 52.3 Å². The molecule has 7 heteroatoms. The van der Waals surface area contributed by atoms with Gasteiger partial charge in [0.1, 0.15) is 11.5 Å². The minimum atomic E-state index is 0.278. The summed E-state index contributed by atoms with van der Waals surface area (Å²) in [6.45, 7) is 3.87. The van der Waals surface area contributed by atoms with Gasteiger partial charge >= 0.3 is 24.8 Å². The molecule has 2 N–H and O–H groups in total. The first-order chi connectivity index (χ1) is 9.81. The molecule has 21 heavy (non-hydrogen) atoms. The zero-order valence-corrected chi connectivity index (χ0v) is 15.7. The molecule has 2 aromatic rings. The SMILES string of the molecule is Cc1cc(O)c(Br)cc1Br.Cc1cccc(O)c1.[B]=NS. The summed E-state index contributed by atoms with van der Waals surface area (Å²) in [6, 6.07) is 10.7. The zero-order chi connectivity index (χ0) is 16.4. The maximum absolute atomic E-state index is 9.16. The van der Waals surface area contributed by atoms with E-state index in [0.29, 0.717) is 10.2 Å². The molecular formula is C14H15BBr2NO2S. The fourth-order valence-electron chi connectivity index (χ4n) is 1.27. The summed E-state index contributed by atoms with van der Waals surface area (Å²) in [4.78, 5) is 0. The third-order valence-electron chi connectivity index (χ3n) is 2.23. The van der Waals surface area contributed by atoms with Crippen LogP contribution in [0.3, 0.4) is 0 Å². The van der Waals surface area contributed by atoms with Crippen molar-refractivity contribution in [3.05, 3.63) is 56.5 Å². The first-order valence-corrected chi connectivity index (χ1v) is 7.75. The van der Waals surface area contributed by atoms with E-state index in [-0.39, 0.29) is 5.75 Å². The van der Waals surface area contributed by atoms with Gasteiger partial charge in [-0.05, 0) is 65.2 Å². The molecule has 0 aliphatic heterocycles. The topological polar surface area (TPSA) is 52.8 Å². The van der Waals surface area contributed by atoms with Crippen LogP contribution in [0, 0.1) is 13.8 Å². The van der Waals surface area contributed by atoms with Crippen LogP contribution in [0.1, 0.15) is 11.1 Å². The molecule has 1 radical (unpaired) electrons. The Morgan fingerprint density at radius 1 is 1.05 bits per heavy atom. The van der Waals surface area contributed by atoms with Crippen molar-refractivity contribution in [2.75, 3.05) is 0 Å². The van der Waals surface area contributed by atoms with Gasteiger partial charge in [0.05, 0.1) is 4.47 Å². The van der Waals surface area contributed by atoms with E-state index in [4.69, 9.17) is 10.2 Å². The van der Waals surface area contributed by atoms with Crippen LogP contribution >= 0.6 is 44.7 Å². The molecule has 3 nitrogen and oxygen atoms in total. The predicted octanol–water partition coefficient (Wildman–Crippen LogP) is 5.11. The Balaban J connectivity index is 0.000000327. The van der Waals surface area contributed by atoms with Crippen molar-refractivity contribution in [1.82, 2.24) is 0 Å². The average Bonchev–Trinajstić information content (AvgIpc) is 2.38. The standard InChI is InChI=1S/C7H6Br2O.C7H8O.BHNS/c1-4-2-7(10)6(9)3-5(4)8;1-6-3-2-4-7(8)5-6;1-2-3/h2-3,10H,1H3;2-5,8H,1H3;3H. The molecule has 0 aromatic heterocycles. The van der Waals surface area contributed by atoms with Gasteiger partial charge in [-0.25, -0.2) is 0 Å². The van der Waals surface area contributed by atoms with E-state index in [9.17, 15) is 0 Å². The van der Waals surface area contributed by atoms with Gasteiger partial charge in [0.25, 0.3) is 0 Å². The van der Waals surface area contributed by atoms with Crippen LogP contribution in [-0.2, 0) is 0 Å². The van der Waals surface area contributed by atoms with Gasteiger partial charge in [-0.3, -0.25) is 0 Å². The zero-order valence-electron chi connectivity index (χ0n) is 11.6. The molecule has 0 unspecified atom stereocenters. The van der Waals surface area contributed by atoms with E-state index < -0.39 is 0 Å². The number of hydrogen-bond acceptors (Lipinski definition) is 4. The van der Waals surface area contributed by atoms with Crippen LogP contribution in [0.4, 0.5) is 0 Å². The Kier molecular flexibility index (Phi) is 10.5. The number of aryl methyl sites for hydroxylation is 2. The maximum atomic E-state index is 9.16. The summed E-state index contributed by atoms with van der Waals surface area (Å²) in [6.07, 6.45) is 0. The van der Waals surface area contributed by atoms with E-state index in [1.54, 1.807) is 18.2 Å². The summed E-state index contributed by atoms with van der Waals surface area (Å²) in [5.74, 6) is 0.616. The fourth-order valence-corrected chi connectivity index (χ4v) is 2.26. The molecule has 0 aliphatic rings. The number of aromatic hydroxyl groups is 2. The van der Waals surface area contributed by atoms with Crippen LogP contribution in [0.25, 0.3) is 0 Å². The number of halogens is 2. The van der Waals surface area contributed by atoms with Crippen LogP contribution < -0.4 is 0 Å². The number of hydrogen-bond donors (Lipinski definition) is 3. The van der Waals surface area contributed by atoms with Crippen LogP contribution in [0.15, 0.2) is 49.6 Å². The van der Waals surface area contributed by atoms with Gasteiger partial charge < -0.3 is 10.2 Å². The number of nitrogens with zero attached hydrogens (tertiary/aromatic N) is 1. The molecule has 0 aliphatic carbocycles. The predicted molar refractivity (Wildman–Crippen MR) is 98.3 cm³/mol. The molecular weight excluding hydrogens is 417 g/mol. The molecule has 111 valence electrons. The third kappa shape index (κ3) is 8.96. The minimum absolute atomic E-state index is 0.278. The molecule has 0 amide bonds. The second-order valence-corrected chi connectivity index (χ2v) is 5.95. The summed E-state index contributed by atoms with van der Waals surface area (Å²) >= 11 is 9.73. The van der Waals surface area contributed by atoms with Crippen molar-refractivity contribution < 1.29 is 10.2 Å². The van der Waals surface area contributed by atoms with Gasteiger partial charge in [0.15, 0.2) is 0 Å². The van der Waals surface area contributed by atoms with E-state index in [0.717, 1.165) is 15.6 Å². The molecule has 2 rings (SSSR count). The monoisotopic (exact) mass is 430 g/mol. The Labute approximate surface area is 148 Å². The van der Waals surface area contributed by atoms with Gasteiger partial charge in [-0.2, -0.15) is 0 Å². The van der Waals surface area contributed by atoms with E-state index in [2.05, 4.69) is 56.6 Å². The number of phenols is 2. The Hall–Kier alpha value is -0.785. The second-order valence-electron chi connectivity index (χ2n) is 4.01. The number of benzene rings is 2. The van der Waals surface area contributed by atoms with Crippen molar-refractivity contribution in [2.45, 2.75) is 13.8 Å². The fraction of sp³-hybridized carbons (Fsp3) is 0.143. The Morgan fingerprint density at radius 3 is 2.00 bits per heavy atom. The first kappa shape index (κ1) is 20.2. The van der Waals surface area contributed by atoms with Crippen LogP contribution in [0.2, 0.25) is 0 Å². The number of thiol groups is 1. The summed E-state index contributed by atoms with van der Waals surface area (Å²) in [7, 11) is 4.34. The molecule has 0 saturated heterocycles. The number of phenolic OH excluding ortho intramolecular Hbond substituents is 2. The third-order valence-corrected chi connectivity index (χ3v) is 3.72. The normalized spacial score (nSPS) is 8.76. The van der Waals surface area contributed by atoms with Gasteiger partial charge in [-0.15, -0.1) is 0 Å². The van der Waals surface area contributed by atoms with Gasteiger partial charge in [0.2, 0.25) is 0 Å². The number of rotatable bonds is 0. The quantitative estimate of drug-likeness (QED) is 0.401. The van der Waals surface area contributed by atoms with E-state index in [1.807, 2.05) is 32.0 Å². The second kappa shape index (κ2) is 10.9. The molecule has 0 heterocycles. The van der Waals surface area contributed by atoms with Crippen molar-refractivity contribution in [2.24, 2.45) is 4.30 Å². The Morgan fingerprint density at radius 2 is 1.62 bits per heavy atom. The van der Waals surface area contributed by atoms with E-state index >= 15 is 0 Å². The van der Waals surface area contributed by atoms with Crippen molar-refractivity contribution in [3.8, 4) is 11.5 Å². The van der Waals surface area contributed by atoms with E-state index in [1.165, 1.54) is 0 Å². The summed E-state index contributed by atoms with van der Waals surface area (Å²) in [5, 5.41) is 18.0. The van der Waals surface area contributed by atoms with Crippen molar-refractivity contribution in [1.29, 1.82) is 0 Å². The molecule has 0 saturated carbocycles. The molecule has 0 fully saturated rings. The Bertz CT molecular complexity index is 530. The van der Waals surface area contributed by atoms with Crippen LogP contribution in [0.5, 0.6) is 11.5 Å². The molecule has 0 spiro atoms. The molecule has 2 aromatic carbocycles. The van der Waals surface area contributed by atoms with Gasteiger partial charge in [-0.1, -0.05) is 28.1 Å². The summed E-state index contributed by atoms with van der Waals surface area (Å²) in [5.41, 5.74) is 2.12. The first-order valence-electron chi connectivity index (χ1n) is 5.76. The van der Waals surface area contributed by atoms with Gasteiger partial charge in [0, 0.05) is 4.47 Å². The average molecular weight is 432 g/mol. The molecule has 0 atom stereocenters. The van der Waals surface area contributed by atoms with Crippen molar-refractivity contribution in [3.63, 3.8) is 0 Å². The summed E-state index contributed by atoms with van der Waals surface area (Å²) < 4.78 is 4.40. The van der Waals surface area contributed by atoms with Crippen LogP contribution in [-0.4, -0.2) is 17.9 Å².